The van der Waals surface area contributed by atoms with E-state index in [0.29, 0.717) is 12.8 Å². The van der Waals surface area contributed by atoms with Crippen molar-refractivity contribution in [2.24, 2.45) is 0 Å². The summed E-state index contributed by atoms with van der Waals surface area (Å²) in [6.45, 7) is 4.55. The van der Waals surface area contributed by atoms with E-state index in [1.165, 1.54) is 109 Å². The number of rotatable bonds is 47. The molecule has 0 rings (SSSR count). The lowest BCUT2D eigenvalue weighted by Crippen LogP contribution is -2.55. The van der Waals surface area contributed by atoms with Crippen LogP contribution in [0.25, 0.3) is 0 Å². The van der Waals surface area contributed by atoms with Gasteiger partial charge in [0.2, 0.25) is 0 Å². The van der Waals surface area contributed by atoms with Gasteiger partial charge in [0.15, 0.2) is 6.10 Å². The van der Waals surface area contributed by atoms with E-state index in [2.05, 4.69) is 74.6 Å². The molecule has 2 unspecified atom stereocenters. The first-order chi connectivity index (χ1) is 31.1. The maximum absolute atomic E-state index is 12.8. The number of quaternary nitrogens is 1. The molecular formula is C56H99NO7. The molecule has 0 aromatic rings. The number of likely N-dealkylation sites (N-methyl/N-ethyl adjacent to an activating group) is 1. The molecule has 2 atom stereocenters. The van der Waals surface area contributed by atoms with E-state index < -0.39 is 18.1 Å². The van der Waals surface area contributed by atoms with Crippen molar-refractivity contribution in [2.75, 3.05) is 41.0 Å². The average Bonchev–Trinajstić information content (AvgIpc) is 3.26. The lowest BCUT2D eigenvalue weighted by molar-refractivity contribution is -0.889. The van der Waals surface area contributed by atoms with Crippen molar-refractivity contribution in [1.82, 2.24) is 0 Å². The molecule has 8 heteroatoms. The Hall–Kier alpha value is -2.97. The highest BCUT2D eigenvalue weighted by Crippen LogP contribution is 2.16. The SMILES string of the molecule is CC/C=C/C/C=C/C/C=C/C/C=C/C/C=C/CCCCCCC(=O)OCC(COCCC(C(=O)[O-])[N+](C)(C)C)OC(=O)CCCCCCCCCCCCCCCCCCCCCC. The molecule has 0 fully saturated rings. The summed E-state index contributed by atoms with van der Waals surface area (Å²) in [4.78, 5) is 37.1. The van der Waals surface area contributed by atoms with Gasteiger partial charge in [0, 0.05) is 19.3 Å². The van der Waals surface area contributed by atoms with Crippen LogP contribution in [0.3, 0.4) is 0 Å². The zero-order chi connectivity index (χ0) is 47.0. The molecule has 0 amide bonds. The van der Waals surface area contributed by atoms with E-state index in [1.54, 1.807) is 21.1 Å². The highest BCUT2D eigenvalue weighted by Gasteiger charge is 2.25. The summed E-state index contributed by atoms with van der Waals surface area (Å²) >= 11 is 0. The molecular weight excluding hydrogens is 799 g/mol. The second kappa shape index (κ2) is 46.6. The van der Waals surface area contributed by atoms with E-state index in [-0.39, 0.29) is 42.7 Å². The van der Waals surface area contributed by atoms with Crippen molar-refractivity contribution in [1.29, 1.82) is 0 Å². The largest absolute Gasteiger partial charge is 0.544 e. The highest BCUT2D eigenvalue weighted by molar-refractivity contribution is 5.70. The zero-order valence-electron chi connectivity index (χ0n) is 42.2. The van der Waals surface area contributed by atoms with Gasteiger partial charge >= 0.3 is 11.9 Å². The van der Waals surface area contributed by atoms with Gasteiger partial charge in [-0.05, 0) is 57.8 Å². The van der Waals surface area contributed by atoms with Crippen molar-refractivity contribution in [2.45, 2.75) is 238 Å². The number of carboxylic acid groups (broad SMARTS) is 1. The summed E-state index contributed by atoms with van der Waals surface area (Å²) in [5.41, 5.74) is 0. The van der Waals surface area contributed by atoms with Crippen LogP contribution in [0.15, 0.2) is 60.8 Å². The van der Waals surface area contributed by atoms with Crippen molar-refractivity contribution in [3.63, 3.8) is 0 Å². The predicted molar refractivity (Wildman–Crippen MR) is 268 cm³/mol. The Morgan fingerprint density at radius 3 is 1.30 bits per heavy atom. The molecule has 0 bridgehead atoms. The number of carbonyl (C=O) groups is 3. The molecule has 0 aromatic carbocycles. The molecule has 0 spiro atoms. The lowest BCUT2D eigenvalue weighted by Gasteiger charge is -2.34. The van der Waals surface area contributed by atoms with Crippen LogP contribution in [0.5, 0.6) is 0 Å². The van der Waals surface area contributed by atoms with E-state index in [9.17, 15) is 19.5 Å². The van der Waals surface area contributed by atoms with Gasteiger partial charge in [0.25, 0.3) is 0 Å². The number of esters is 2. The topological polar surface area (TPSA) is 102 Å². The summed E-state index contributed by atoms with van der Waals surface area (Å²) < 4.78 is 17.2. The standard InChI is InChI=1S/C56H99NO7/c1-6-8-10-12-14-16-18-20-22-24-26-28-30-32-34-36-38-40-42-44-46-54(58)63-51-52(50-62-49-48-53(56(60)61)57(3,4)5)64-55(59)47-45-43-41-39-37-35-33-31-29-27-25-23-21-19-17-15-13-11-9-7-2/h8,10,14,16,20,22,26,28,32,34,52-53H,6-7,9,11-13,15,17-19,21,23-25,27,29-31,33,35-51H2,1-5H3/b10-8+,16-14+,22-20+,28-26+,34-32+. The molecule has 0 saturated heterocycles. The second-order valence-electron chi connectivity index (χ2n) is 18.7. The molecule has 0 N–H and O–H groups in total. The van der Waals surface area contributed by atoms with Gasteiger partial charge in [0.1, 0.15) is 12.6 Å². The molecule has 0 radical (unpaired) electrons. The van der Waals surface area contributed by atoms with Gasteiger partial charge in [-0.15, -0.1) is 0 Å². The smallest absolute Gasteiger partial charge is 0.306 e. The molecule has 64 heavy (non-hydrogen) atoms. The molecule has 0 heterocycles. The third-order valence-corrected chi connectivity index (χ3v) is 11.7. The van der Waals surface area contributed by atoms with Gasteiger partial charge in [0.05, 0.1) is 40.3 Å². The number of allylic oxidation sites excluding steroid dienone is 10. The van der Waals surface area contributed by atoms with E-state index in [0.717, 1.165) is 83.5 Å². The Morgan fingerprint density at radius 1 is 0.484 bits per heavy atom. The number of carboxylic acids is 1. The quantitative estimate of drug-likeness (QED) is 0.0259. The summed E-state index contributed by atoms with van der Waals surface area (Å²) in [6, 6.07) is -0.731. The van der Waals surface area contributed by atoms with E-state index in [1.807, 2.05) is 0 Å². The number of aliphatic carboxylic acids is 1. The molecule has 0 saturated carbocycles. The van der Waals surface area contributed by atoms with Crippen LogP contribution >= 0.6 is 0 Å². The third-order valence-electron chi connectivity index (χ3n) is 11.7. The highest BCUT2D eigenvalue weighted by atomic mass is 16.6. The number of ether oxygens (including phenoxy) is 3. The summed E-state index contributed by atoms with van der Waals surface area (Å²) in [5.74, 6) is -1.76. The maximum Gasteiger partial charge on any atom is 0.306 e. The van der Waals surface area contributed by atoms with Crippen LogP contribution in [-0.2, 0) is 28.6 Å². The Kier molecular flexibility index (Phi) is 44.4. The minimum absolute atomic E-state index is 0.0327. The Bertz CT molecular complexity index is 1230. The van der Waals surface area contributed by atoms with Gasteiger partial charge in [-0.2, -0.15) is 0 Å². The van der Waals surface area contributed by atoms with Gasteiger partial charge in [-0.25, -0.2) is 0 Å². The Morgan fingerprint density at radius 2 is 0.875 bits per heavy atom. The summed E-state index contributed by atoms with van der Waals surface area (Å²) in [7, 11) is 5.41. The third kappa shape index (κ3) is 44.2. The summed E-state index contributed by atoms with van der Waals surface area (Å²) in [6.07, 6.45) is 58.2. The van der Waals surface area contributed by atoms with Crippen LogP contribution in [-0.4, -0.2) is 75.5 Å². The lowest BCUT2D eigenvalue weighted by atomic mass is 10.0. The fraction of sp³-hybridized carbons (Fsp3) is 0.768. The summed E-state index contributed by atoms with van der Waals surface area (Å²) in [5, 5.41) is 11.7. The second-order valence-corrected chi connectivity index (χ2v) is 18.7. The monoisotopic (exact) mass is 898 g/mol. The van der Waals surface area contributed by atoms with Crippen molar-refractivity contribution in [3.05, 3.63) is 60.8 Å². The fourth-order valence-corrected chi connectivity index (χ4v) is 7.63. The van der Waals surface area contributed by atoms with Crippen LogP contribution in [0.4, 0.5) is 0 Å². The maximum atomic E-state index is 12.8. The number of hydrogen-bond donors (Lipinski definition) is 0. The number of nitrogens with zero attached hydrogens (tertiary/aromatic N) is 1. The minimum atomic E-state index is -1.13. The molecule has 370 valence electrons. The molecule has 0 aliphatic heterocycles. The average molecular weight is 898 g/mol. The normalized spacial score (nSPS) is 13.3. The van der Waals surface area contributed by atoms with Gasteiger partial charge in [-0.3, -0.25) is 9.59 Å². The molecule has 8 nitrogen and oxygen atoms in total. The van der Waals surface area contributed by atoms with E-state index >= 15 is 0 Å². The molecule has 0 aromatic heterocycles. The predicted octanol–water partition coefficient (Wildman–Crippen LogP) is 14.0. The first-order valence-corrected chi connectivity index (χ1v) is 26.3. The van der Waals surface area contributed by atoms with Crippen molar-refractivity contribution < 1.29 is 38.2 Å². The van der Waals surface area contributed by atoms with E-state index in [4.69, 9.17) is 14.2 Å². The van der Waals surface area contributed by atoms with Gasteiger partial charge in [-0.1, -0.05) is 209 Å². The van der Waals surface area contributed by atoms with Crippen LogP contribution < -0.4 is 5.11 Å². The van der Waals surface area contributed by atoms with Crippen molar-refractivity contribution >= 4 is 17.9 Å². The van der Waals surface area contributed by atoms with Crippen LogP contribution in [0.2, 0.25) is 0 Å². The number of carbonyl (C=O) groups excluding carboxylic acids is 3. The van der Waals surface area contributed by atoms with Crippen LogP contribution in [0.1, 0.15) is 226 Å². The molecule has 0 aliphatic carbocycles. The Labute approximate surface area is 394 Å². The van der Waals surface area contributed by atoms with Gasteiger partial charge < -0.3 is 28.6 Å². The molecule has 0 aliphatic rings. The number of hydrogen-bond acceptors (Lipinski definition) is 7. The van der Waals surface area contributed by atoms with Crippen LogP contribution in [0, 0.1) is 0 Å². The number of unbranched alkanes of at least 4 members (excludes halogenated alkanes) is 23. The van der Waals surface area contributed by atoms with Crippen molar-refractivity contribution in [3.8, 4) is 0 Å². The fourth-order valence-electron chi connectivity index (χ4n) is 7.63. The first-order valence-electron chi connectivity index (χ1n) is 26.3. The Balaban J connectivity index is 4.27. The first kappa shape index (κ1) is 61.0. The zero-order valence-corrected chi connectivity index (χ0v) is 42.2. The minimum Gasteiger partial charge on any atom is -0.544 e.